The Labute approximate surface area is 131 Å². The maximum atomic E-state index is 13.2. The van der Waals surface area contributed by atoms with Gasteiger partial charge in [-0.05, 0) is 23.3 Å². The smallest absolute Gasteiger partial charge is 0.126 e. The molecule has 0 aliphatic carbocycles. The van der Waals surface area contributed by atoms with Crippen LogP contribution in [-0.2, 0) is 5.75 Å². The number of anilines is 1. The van der Waals surface area contributed by atoms with Crippen LogP contribution in [0.5, 0.6) is 0 Å². The maximum absolute atomic E-state index is 13.2. The van der Waals surface area contributed by atoms with Gasteiger partial charge in [-0.2, -0.15) is 11.8 Å². The van der Waals surface area contributed by atoms with Gasteiger partial charge in [0.25, 0.3) is 0 Å². The average Bonchev–Trinajstić information content (AvgIpc) is 2.43. The summed E-state index contributed by atoms with van der Waals surface area (Å²) in [6, 6.07) is 11.0. The van der Waals surface area contributed by atoms with Crippen LogP contribution in [0.4, 0.5) is 10.1 Å². The van der Waals surface area contributed by atoms with E-state index in [1.807, 2.05) is 23.9 Å². The van der Waals surface area contributed by atoms with Crippen LogP contribution in [0.25, 0.3) is 0 Å². The van der Waals surface area contributed by atoms with Crippen molar-refractivity contribution in [3.63, 3.8) is 0 Å². The predicted molar refractivity (Wildman–Crippen MR) is 85.4 cm³/mol. The summed E-state index contributed by atoms with van der Waals surface area (Å²) < 4.78 is 13.2. The molecule has 1 unspecified atom stereocenters. The van der Waals surface area contributed by atoms with Crippen LogP contribution < -0.4 is 5.32 Å². The van der Waals surface area contributed by atoms with Gasteiger partial charge in [0, 0.05) is 11.5 Å². The molecule has 1 N–H and O–H groups in total. The van der Waals surface area contributed by atoms with Gasteiger partial charge in [-0.1, -0.05) is 47.5 Å². The molecule has 0 amide bonds. The Bertz CT molecular complexity index is 625. The third-order valence-electron chi connectivity index (χ3n) is 3.30. The standard InChI is InChI=1S/C15H12Cl2FNS/c16-12-5-10(18)6-13(17)15(12)19-14-8-20-7-9-3-1-2-4-11(9)14/h1-6,14,19H,7-8H2. The molecule has 0 radical (unpaired) electrons. The Kier molecular flexibility index (Phi) is 4.11. The summed E-state index contributed by atoms with van der Waals surface area (Å²) in [5, 5.41) is 3.97. The molecule has 0 fully saturated rings. The topological polar surface area (TPSA) is 12.0 Å². The SMILES string of the molecule is Fc1cc(Cl)c(NC2CSCc3ccccc32)c(Cl)c1. The van der Waals surface area contributed by atoms with E-state index in [-0.39, 0.29) is 6.04 Å². The predicted octanol–water partition coefficient (Wildman–Crippen LogP) is 5.53. The lowest BCUT2D eigenvalue weighted by Gasteiger charge is -2.27. The van der Waals surface area contributed by atoms with Crippen molar-refractivity contribution in [2.24, 2.45) is 0 Å². The van der Waals surface area contributed by atoms with Crippen molar-refractivity contribution in [2.45, 2.75) is 11.8 Å². The molecule has 1 heterocycles. The molecule has 1 nitrogen and oxygen atoms in total. The zero-order valence-electron chi connectivity index (χ0n) is 10.5. The second kappa shape index (κ2) is 5.84. The zero-order valence-corrected chi connectivity index (χ0v) is 12.8. The van der Waals surface area contributed by atoms with E-state index in [0.29, 0.717) is 15.7 Å². The van der Waals surface area contributed by atoms with Crippen molar-refractivity contribution in [3.8, 4) is 0 Å². The first kappa shape index (κ1) is 14.1. The van der Waals surface area contributed by atoms with E-state index in [0.717, 1.165) is 11.5 Å². The van der Waals surface area contributed by atoms with Crippen LogP contribution in [0.3, 0.4) is 0 Å². The van der Waals surface area contributed by atoms with E-state index in [2.05, 4.69) is 17.4 Å². The lowest BCUT2D eigenvalue weighted by molar-refractivity contribution is 0.628. The van der Waals surface area contributed by atoms with Crippen LogP contribution in [0, 0.1) is 5.82 Å². The van der Waals surface area contributed by atoms with Gasteiger partial charge >= 0.3 is 0 Å². The van der Waals surface area contributed by atoms with Crippen molar-refractivity contribution in [1.29, 1.82) is 0 Å². The van der Waals surface area contributed by atoms with Gasteiger partial charge < -0.3 is 5.32 Å². The van der Waals surface area contributed by atoms with Crippen molar-refractivity contribution in [1.82, 2.24) is 0 Å². The molecular formula is C15H12Cl2FNS. The molecule has 5 heteroatoms. The second-order valence-corrected chi connectivity index (χ2v) is 6.50. The summed E-state index contributed by atoms with van der Waals surface area (Å²) >= 11 is 14.0. The first-order valence-corrected chi connectivity index (χ1v) is 8.13. The largest absolute Gasteiger partial charge is 0.375 e. The molecule has 2 aromatic carbocycles. The van der Waals surface area contributed by atoms with E-state index in [9.17, 15) is 4.39 Å². The fourth-order valence-electron chi connectivity index (χ4n) is 2.36. The maximum Gasteiger partial charge on any atom is 0.126 e. The van der Waals surface area contributed by atoms with Crippen LogP contribution in [-0.4, -0.2) is 5.75 Å². The highest BCUT2D eigenvalue weighted by Gasteiger charge is 2.21. The van der Waals surface area contributed by atoms with Crippen LogP contribution >= 0.6 is 35.0 Å². The fraction of sp³-hybridized carbons (Fsp3) is 0.200. The van der Waals surface area contributed by atoms with Gasteiger partial charge in [-0.25, -0.2) is 4.39 Å². The first-order valence-electron chi connectivity index (χ1n) is 6.22. The van der Waals surface area contributed by atoms with Crippen LogP contribution in [0.2, 0.25) is 10.0 Å². The van der Waals surface area contributed by atoms with Crippen LogP contribution in [0.15, 0.2) is 36.4 Å². The number of rotatable bonds is 2. The number of nitrogens with one attached hydrogen (secondary N) is 1. The Morgan fingerprint density at radius 2 is 1.85 bits per heavy atom. The summed E-state index contributed by atoms with van der Waals surface area (Å²) in [6.07, 6.45) is 0. The Morgan fingerprint density at radius 1 is 1.15 bits per heavy atom. The Hall–Kier alpha value is -0.900. The molecule has 1 aliphatic heterocycles. The molecular weight excluding hydrogens is 316 g/mol. The highest BCUT2D eigenvalue weighted by Crippen LogP contribution is 2.38. The monoisotopic (exact) mass is 327 g/mol. The minimum Gasteiger partial charge on any atom is -0.375 e. The highest BCUT2D eigenvalue weighted by molar-refractivity contribution is 7.98. The molecule has 1 atom stereocenters. The Morgan fingerprint density at radius 3 is 2.60 bits per heavy atom. The van der Waals surface area contributed by atoms with Crippen molar-refractivity contribution >= 4 is 40.7 Å². The van der Waals surface area contributed by atoms with Gasteiger partial charge in [0.1, 0.15) is 5.82 Å². The molecule has 0 bridgehead atoms. The Balaban J connectivity index is 1.94. The molecule has 3 rings (SSSR count). The zero-order chi connectivity index (χ0) is 14.1. The third-order valence-corrected chi connectivity index (χ3v) is 4.98. The van der Waals surface area contributed by atoms with Crippen molar-refractivity contribution < 1.29 is 4.39 Å². The number of halogens is 3. The summed E-state index contributed by atoms with van der Waals surface area (Å²) in [5.41, 5.74) is 3.16. The number of fused-ring (bicyclic) bond motifs is 1. The van der Waals surface area contributed by atoms with Crippen molar-refractivity contribution in [3.05, 3.63) is 63.4 Å². The number of hydrogen-bond donors (Lipinski definition) is 1. The first-order chi connectivity index (χ1) is 9.65. The second-order valence-electron chi connectivity index (χ2n) is 4.66. The quantitative estimate of drug-likeness (QED) is 0.777. The van der Waals surface area contributed by atoms with E-state index >= 15 is 0 Å². The molecule has 0 aromatic heterocycles. The molecule has 20 heavy (non-hydrogen) atoms. The van der Waals surface area contributed by atoms with Gasteiger partial charge in [0.05, 0.1) is 21.8 Å². The summed E-state index contributed by atoms with van der Waals surface area (Å²) in [5.74, 6) is 1.52. The van der Waals surface area contributed by atoms with Gasteiger partial charge in [0.2, 0.25) is 0 Å². The summed E-state index contributed by atoms with van der Waals surface area (Å²) in [4.78, 5) is 0. The lowest BCUT2D eigenvalue weighted by Crippen LogP contribution is -2.19. The number of thioether (sulfide) groups is 1. The molecule has 1 aliphatic rings. The fourth-order valence-corrected chi connectivity index (χ4v) is 4.02. The molecule has 0 saturated carbocycles. The van der Waals surface area contributed by atoms with Crippen molar-refractivity contribution in [2.75, 3.05) is 11.1 Å². The molecule has 0 saturated heterocycles. The minimum atomic E-state index is -0.427. The van der Waals surface area contributed by atoms with Crippen LogP contribution in [0.1, 0.15) is 17.2 Å². The normalized spacial score (nSPS) is 17.6. The minimum absolute atomic E-state index is 0.130. The molecule has 104 valence electrons. The third kappa shape index (κ3) is 2.76. The van der Waals surface area contributed by atoms with E-state index in [1.165, 1.54) is 23.3 Å². The van der Waals surface area contributed by atoms with Gasteiger partial charge in [-0.3, -0.25) is 0 Å². The number of hydrogen-bond acceptors (Lipinski definition) is 2. The number of benzene rings is 2. The summed E-state index contributed by atoms with van der Waals surface area (Å²) in [7, 11) is 0. The summed E-state index contributed by atoms with van der Waals surface area (Å²) in [6.45, 7) is 0. The molecule has 0 spiro atoms. The van der Waals surface area contributed by atoms with Gasteiger partial charge in [0.15, 0.2) is 0 Å². The van der Waals surface area contributed by atoms with E-state index in [4.69, 9.17) is 23.2 Å². The highest BCUT2D eigenvalue weighted by atomic mass is 35.5. The average molecular weight is 328 g/mol. The van der Waals surface area contributed by atoms with Gasteiger partial charge in [-0.15, -0.1) is 0 Å². The lowest BCUT2D eigenvalue weighted by atomic mass is 10.0. The molecule has 2 aromatic rings. The van der Waals surface area contributed by atoms with E-state index in [1.54, 1.807) is 0 Å². The van der Waals surface area contributed by atoms with E-state index < -0.39 is 5.82 Å².